The topological polar surface area (TPSA) is 83.9 Å². The molecular formula is C13H16BrNO5S. The molecule has 1 aliphatic rings. The number of nitrogens with zero attached hydrogens (tertiary/aromatic N) is 1. The van der Waals surface area contributed by atoms with Gasteiger partial charge in [0, 0.05) is 11.0 Å². The molecule has 0 spiro atoms. The standard InChI is InChI=1S/C13H16BrNO5S/c1-13(2)8-20-6-5-15(13)21(18,19)11-7-9(12(16)17)3-4-10(11)14/h3-4,7H,5-6,8H2,1-2H3,(H,16,17). The normalized spacial score (nSPS) is 19.4. The number of carbonyl (C=O) groups is 1. The predicted molar refractivity (Wildman–Crippen MR) is 79.9 cm³/mol. The number of carboxylic acids is 1. The van der Waals surface area contributed by atoms with Crippen molar-refractivity contribution in [3.8, 4) is 0 Å². The van der Waals surface area contributed by atoms with E-state index in [1.807, 2.05) is 0 Å². The van der Waals surface area contributed by atoms with Crippen LogP contribution in [0.4, 0.5) is 0 Å². The summed E-state index contributed by atoms with van der Waals surface area (Å²) in [5, 5.41) is 9.04. The van der Waals surface area contributed by atoms with Crippen molar-refractivity contribution in [2.75, 3.05) is 19.8 Å². The zero-order chi connectivity index (χ0) is 15.8. The molecule has 0 saturated carbocycles. The molecule has 21 heavy (non-hydrogen) atoms. The summed E-state index contributed by atoms with van der Waals surface area (Å²) in [7, 11) is -3.81. The molecule has 0 atom stereocenters. The van der Waals surface area contributed by atoms with Gasteiger partial charge in [-0.05, 0) is 48.0 Å². The third-order valence-corrected chi connectivity index (χ3v) is 6.42. The Morgan fingerprint density at radius 3 is 2.67 bits per heavy atom. The Morgan fingerprint density at radius 1 is 1.43 bits per heavy atom. The fourth-order valence-electron chi connectivity index (χ4n) is 2.24. The van der Waals surface area contributed by atoms with E-state index in [-0.39, 0.29) is 17.0 Å². The van der Waals surface area contributed by atoms with Gasteiger partial charge in [-0.3, -0.25) is 0 Å². The Kier molecular flexibility index (Phi) is 4.44. The fourth-order valence-corrected chi connectivity index (χ4v) is 4.95. The molecule has 1 aliphatic heterocycles. The molecule has 8 heteroatoms. The summed E-state index contributed by atoms with van der Waals surface area (Å²) in [6.45, 7) is 4.40. The van der Waals surface area contributed by atoms with E-state index in [1.54, 1.807) is 13.8 Å². The maximum atomic E-state index is 12.8. The minimum absolute atomic E-state index is 0.0441. The number of halogens is 1. The average Bonchev–Trinajstić information content (AvgIpc) is 2.37. The molecule has 1 fully saturated rings. The van der Waals surface area contributed by atoms with Gasteiger partial charge in [-0.25, -0.2) is 13.2 Å². The summed E-state index contributed by atoms with van der Waals surface area (Å²) in [6, 6.07) is 3.97. The maximum absolute atomic E-state index is 12.8. The highest BCUT2D eigenvalue weighted by molar-refractivity contribution is 9.10. The van der Waals surface area contributed by atoms with Gasteiger partial charge >= 0.3 is 5.97 Å². The first kappa shape index (κ1) is 16.4. The van der Waals surface area contributed by atoms with Crippen molar-refractivity contribution in [1.29, 1.82) is 0 Å². The molecule has 116 valence electrons. The highest BCUT2D eigenvalue weighted by atomic mass is 79.9. The minimum Gasteiger partial charge on any atom is -0.478 e. The SMILES string of the molecule is CC1(C)COCCN1S(=O)(=O)c1cc(C(=O)O)ccc1Br. The van der Waals surface area contributed by atoms with Crippen LogP contribution in [0.3, 0.4) is 0 Å². The lowest BCUT2D eigenvalue weighted by atomic mass is 10.1. The van der Waals surface area contributed by atoms with Crippen molar-refractivity contribution in [1.82, 2.24) is 4.31 Å². The van der Waals surface area contributed by atoms with E-state index in [2.05, 4.69) is 15.9 Å². The zero-order valence-electron chi connectivity index (χ0n) is 11.7. The number of carboxylic acid groups (broad SMARTS) is 1. The Labute approximate surface area is 131 Å². The summed E-state index contributed by atoms with van der Waals surface area (Å²) in [6.07, 6.45) is 0. The van der Waals surface area contributed by atoms with E-state index in [4.69, 9.17) is 9.84 Å². The van der Waals surface area contributed by atoms with Crippen LogP contribution >= 0.6 is 15.9 Å². The van der Waals surface area contributed by atoms with E-state index in [9.17, 15) is 13.2 Å². The van der Waals surface area contributed by atoms with Crippen molar-refractivity contribution < 1.29 is 23.1 Å². The maximum Gasteiger partial charge on any atom is 0.335 e. The summed E-state index contributed by atoms with van der Waals surface area (Å²) in [5.41, 5.74) is -0.752. The van der Waals surface area contributed by atoms with Crippen molar-refractivity contribution >= 4 is 31.9 Å². The van der Waals surface area contributed by atoms with Crippen molar-refractivity contribution in [2.45, 2.75) is 24.3 Å². The highest BCUT2D eigenvalue weighted by Crippen LogP contribution is 2.31. The lowest BCUT2D eigenvalue weighted by Crippen LogP contribution is -2.55. The van der Waals surface area contributed by atoms with Gasteiger partial charge in [0.1, 0.15) is 0 Å². The molecule has 1 aromatic carbocycles. The van der Waals surface area contributed by atoms with Gasteiger partial charge in [0.05, 0.1) is 29.2 Å². The van der Waals surface area contributed by atoms with Crippen LogP contribution in [0.5, 0.6) is 0 Å². The molecule has 0 unspecified atom stereocenters. The van der Waals surface area contributed by atoms with Crippen LogP contribution in [0.2, 0.25) is 0 Å². The van der Waals surface area contributed by atoms with Crippen molar-refractivity contribution in [3.05, 3.63) is 28.2 Å². The average molecular weight is 378 g/mol. The third kappa shape index (κ3) is 3.13. The molecule has 1 heterocycles. The predicted octanol–water partition coefficient (Wildman–Crippen LogP) is 1.95. The molecule has 0 aliphatic carbocycles. The van der Waals surface area contributed by atoms with Crippen LogP contribution in [0.15, 0.2) is 27.6 Å². The van der Waals surface area contributed by atoms with E-state index in [0.717, 1.165) is 0 Å². The second-order valence-corrected chi connectivity index (χ2v) is 8.08. The number of hydrogen-bond acceptors (Lipinski definition) is 4. The summed E-state index contributed by atoms with van der Waals surface area (Å²) < 4.78 is 32.7. The second kappa shape index (κ2) is 5.68. The Morgan fingerprint density at radius 2 is 2.10 bits per heavy atom. The quantitative estimate of drug-likeness (QED) is 0.869. The third-order valence-electron chi connectivity index (χ3n) is 3.32. The van der Waals surface area contributed by atoms with Crippen LogP contribution in [-0.4, -0.2) is 49.1 Å². The van der Waals surface area contributed by atoms with Gasteiger partial charge in [0.25, 0.3) is 0 Å². The highest BCUT2D eigenvalue weighted by Gasteiger charge is 2.40. The van der Waals surface area contributed by atoms with Gasteiger partial charge in [-0.1, -0.05) is 0 Å². The summed E-state index contributed by atoms with van der Waals surface area (Å²) in [4.78, 5) is 11.0. The minimum atomic E-state index is -3.81. The first-order chi connectivity index (χ1) is 9.66. The number of ether oxygens (including phenoxy) is 1. The number of aromatic carboxylic acids is 1. The molecule has 1 saturated heterocycles. The monoisotopic (exact) mass is 377 g/mol. The van der Waals surface area contributed by atoms with Crippen LogP contribution in [-0.2, 0) is 14.8 Å². The smallest absolute Gasteiger partial charge is 0.335 e. The Bertz CT molecular complexity index is 671. The van der Waals surface area contributed by atoms with E-state index in [0.29, 0.717) is 17.7 Å². The Balaban J connectivity index is 2.53. The number of morpholine rings is 1. The molecule has 0 aromatic heterocycles. The molecule has 2 rings (SSSR count). The van der Waals surface area contributed by atoms with E-state index < -0.39 is 21.5 Å². The second-order valence-electron chi connectivity index (χ2n) is 5.39. The van der Waals surface area contributed by atoms with Crippen LogP contribution in [0.25, 0.3) is 0 Å². The lowest BCUT2D eigenvalue weighted by molar-refractivity contribution is -0.00772. The number of hydrogen-bond donors (Lipinski definition) is 1. The van der Waals surface area contributed by atoms with Gasteiger partial charge in [0.15, 0.2) is 0 Å². The van der Waals surface area contributed by atoms with Crippen LogP contribution < -0.4 is 0 Å². The van der Waals surface area contributed by atoms with E-state index >= 15 is 0 Å². The molecule has 1 aromatic rings. The number of benzene rings is 1. The fraction of sp³-hybridized carbons (Fsp3) is 0.462. The largest absolute Gasteiger partial charge is 0.478 e. The van der Waals surface area contributed by atoms with Crippen molar-refractivity contribution in [3.63, 3.8) is 0 Å². The van der Waals surface area contributed by atoms with Crippen LogP contribution in [0, 0.1) is 0 Å². The van der Waals surface area contributed by atoms with Gasteiger partial charge in [-0.15, -0.1) is 0 Å². The molecule has 1 N–H and O–H groups in total. The molecule has 6 nitrogen and oxygen atoms in total. The molecule has 0 bridgehead atoms. The van der Waals surface area contributed by atoms with Crippen molar-refractivity contribution in [2.24, 2.45) is 0 Å². The van der Waals surface area contributed by atoms with Crippen LogP contribution in [0.1, 0.15) is 24.2 Å². The Hall–Kier alpha value is -0.960. The van der Waals surface area contributed by atoms with E-state index in [1.165, 1.54) is 22.5 Å². The number of sulfonamides is 1. The number of rotatable bonds is 3. The summed E-state index contributed by atoms with van der Waals surface area (Å²) >= 11 is 3.19. The molecular weight excluding hydrogens is 362 g/mol. The van der Waals surface area contributed by atoms with Gasteiger partial charge in [-0.2, -0.15) is 4.31 Å². The van der Waals surface area contributed by atoms with Gasteiger partial charge in [0.2, 0.25) is 10.0 Å². The first-order valence-corrected chi connectivity index (χ1v) is 8.53. The molecule has 0 amide bonds. The zero-order valence-corrected chi connectivity index (χ0v) is 14.1. The lowest BCUT2D eigenvalue weighted by Gasteiger charge is -2.40. The summed E-state index contributed by atoms with van der Waals surface area (Å²) in [5.74, 6) is -1.17. The first-order valence-electron chi connectivity index (χ1n) is 6.30. The van der Waals surface area contributed by atoms with Gasteiger partial charge < -0.3 is 9.84 Å². The molecule has 0 radical (unpaired) electrons.